The summed E-state index contributed by atoms with van der Waals surface area (Å²) >= 11 is 0. The fraction of sp³-hybridized carbons (Fsp3) is 0.333. The number of anilines is 1. The molecule has 0 bridgehead atoms. The van der Waals surface area contributed by atoms with Crippen molar-refractivity contribution in [3.8, 4) is 22.7 Å². The maximum Gasteiger partial charge on any atom is 0.474 e. The summed E-state index contributed by atoms with van der Waals surface area (Å²) in [6, 6.07) is 8.59. The van der Waals surface area contributed by atoms with Crippen LogP contribution in [0.25, 0.3) is 22.7 Å². The van der Waals surface area contributed by atoms with Crippen LogP contribution in [0.4, 0.5) is 5.69 Å². The summed E-state index contributed by atoms with van der Waals surface area (Å²) in [7, 11) is -2.67. The highest BCUT2D eigenvalue weighted by Crippen LogP contribution is 2.47. The predicted molar refractivity (Wildman–Crippen MR) is 137 cm³/mol. The van der Waals surface area contributed by atoms with Crippen LogP contribution in [0.1, 0.15) is 31.3 Å². The minimum absolute atomic E-state index is 0.0686. The first-order valence-electron chi connectivity index (χ1n) is 11.6. The molecule has 4 heterocycles. The topological polar surface area (TPSA) is 156 Å². The number of ether oxygens (including phenoxy) is 1. The summed E-state index contributed by atoms with van der Waals surface area (Å²) in [5.41, 5.74) is 1.28. The van der Waals surface area contributed by atoms with Crippen molar-refractivity contribution in [1.29, 1.82) is 0 Å². The Labute approximate surface area is 219 Å². The number of nitrogens with one attached hydrogen (secondary N) is 1. The van der Waals surface area contributed by atoms with Crippen LogP contribution in [-0.4, -0.2) is 54.7 Å². The van der Waals surface area contributed by atoms with Crippen molar-refractivity contribution < 1.29 is 32.5 Å². The number of rotatable bonds is 11. The Bertz CT molecular complexity index is 1420. The van der Waals surface area contributed by atoms with Gasteiger partial charge in [-0.3, -0.25) is 23.5 Å². The first kappa shape index (κ1) is 27.4. The number of carbonyl (C=O) groups excluding carboxylic acids is 1. The molecule has 0 aliphatic rings. The van der Waals surface area contributed by atoms with E-state index < -0.39 is 19.3 Å². The van der Waals surface area contributed by atoms with Gasteiger partial charge in [0.05, 0.1) is 41.9 Å². The third kappa shape index (κ3) is 7.24. The smallest absolute Gasteiger partial charge is 0.451 e. The van der Waals surface area contributed by atoms with Crippen molar-refractivity contribution in [2.45, 2.75) is 39.6 Å². The van der Waals surface area contributed by atoms with Gasteiger partial charge >= 0.3 is 7.82 Å². The third-order valence-electron chi connectivity index (χ3n) is 4.93. The second-order valence-electron chi connectivity index (χ2n) is 9.18. The number of phosphoric acid groups is 1. The number of aromatic nitrogens is 5. The third-order valence-corrected chi connectivity index (χ3v) is 6.15. The van der Waals surface area contributed by atoms with E-state index in [0.717, 1.165) is 0 Å². The second-order valence-corrected chi connectivity index (χ2v) is 10.6. The van der Waals surface area contributed by atoms with Crippen LogP contribution in [0.15, 0.2) is 59.5 Å². The highest BCUT2D eigenvalue weighted by Gasteiger charge is 2.29. The average Bonchev–Trinajstić information content (AvgIpc) is 3.60. The van der Waals surface area contributed by atoms with Gasteiger partial charge in [0, 0.05) is 25.7 Å². The second kappa shape index (κ2) is 11.4. The van der Waals surface area contributed by atoms with Gasteiger partial charge in [0.15, 0.2) is 12.5 Å². The number of nitrogens with zero attached hydrogens (tertiary/aromatic N) is 5. The molecule has 0 aliphatic carbocycles. The fourth-order valence-electron chi connectivity index (χ4n) is 3.37. The Hall–Kier alpha value is -3.61. The van der Waals surface area contributed by atoms with Crippen molar-refractivity contribution in [2.75, 3.05) is 19.0 Å². The Morgan fingerprint density at radius 3 is 2.71 bits per heavy atom. The Balaban J connectivity index is 1.45. The van der Waals surface area contributed by atoms with Gasteiger partial charge in [-0.2, -0.15) is 10.2 Å². The van der Waals surface area contributed by atoms with Gasteiger partial charge in [-0.25, -0.2) is 9.25 Å². The molecule has 0 saturated carbocycles. The molecule has 0 fully saturated rings. The van der Waals surface area contributed by atoms with Gasteiger partial charge in [0.1, 0.15) is 11.5 Å². The number of phosphoric ester groups is 1. The molecule has 1 amide bonds. The highest BCUT2D eigenvalue weighted by atomic mass is 31.2. The predicted octanol–water partition coefficient (Wildman–Crippen LogP) is 4.19. The molecule has 0 aromatic carbocycles. The van der Waals surface area contributed by atoms with Gasteiger partial charge < -0.3 is 19.4 Å². The minimum Gasteiger partial charge on any atom is -0.451 e. The Kier molecular flexibility index (Phi) is 8.24. The largest absolute Gasteiger partial charge is 0.474 e. The molecule has 4 aromatic heterocycles. The molecule has 14 heteroatoms. The Morgan fingerprint density at radius 1 is 1.18 bits per heavy atom. The van der Waals surface area contributed by atoms with Crippen molar-refractivity contribution in [3.05, 3.63) is 60.9 Å². The summed E-state index contributed by atoms with van der Waals surface area (Å²) < 4.78 is 36.0. The maximum atomic E-state index is 13.0. The lowest BCUT2D eigenvalue weighted by Crippen LogP contribution is -2.18. The van der Waals surface area contributed by atoms with Crippen LogP contribution >= 0.6 is 7.82 Å². The molecule has 4 rings (SSSR count). The van der Waals surface area contributed by atoms with Crippen molar-refractivity contribution in [2.24, 2.45) is 0 Å². The van der Waals surface area contributed by atoms with Gasteiger partial charge in [-0.15, -0.1) is 0 Å². The van der Waals surface area contributed by atoms with Crippen LogP contribution in [0.3, 0.4) is 0 Å². The quantitative estimate of drug-likeness (QED) is 0.263. The number of methoxy groups -OCH3 is 1. The van der Waals surface area contributed by atoms with E-state index in [0.29, 0.717) is 41.6 Å². The van der Waals surface area contributed by atoms with E-state index in [4.69, 9.17) is 18.2 Å². The van der Waals surface area contributed by atoms with Crippen molar-refractivity contribution in [3.63, 3.8) is 0 Å². The normalized spacial score (nSPS) is 13.4. The monoisotopic (exact) mass is 544 g/mol. The van der Waals surface area contributed by atoms with E-state index in [2.05, 4.69) is 20.5 Å². The molecule has 0 aliphatic heterocycles. The molecule has 13 nitrogen and oxygen atoms in total. The first-order valence-corrected chi connectivity index (χ1v) is 13.1. The van der Waals surface area contributed by atoms with Crippen LogP contribution in [-0.2, 0) is 31.6 Å². The summed E-state index contributed by atoms with van der Waals surface area (Å²) in [6.45, 7) is 5.56. The number of hydrogen-bond donors (Lipinski definition) is 2. The highest BCUT2D eigenvalue weighted by molar-refractivity contribution is 7.47. The van der Waals surface area contributed by atoms with E-state index in [1.54, 1.807) is 69.4 Å². The molecule has 1 atom stereocenters. The number of carbonyl (C=O) groups is 1. The van der Waals surface area contributed by atoms with E-state index in [1.807, 2.05) is 6.07 Å². The van der Waals surface area contributed by atoms with E-state index in [-0.39, 0.29) is 12.5 Å². The van der Waals surface area contributed by atoms with Crippen molar-refractivity contribution >= 4 is 19.4 Å². The summed E-state index contributed by atoms with van der Waals surface area (Å²) in [5, 5.41) is 11.5. The minimum atomic E-state index is -4.27. The van der Waals surface area contributed by atoms with Gasteiger partial charge in [0.2, 0.25) is 0 Å². The zero-order chi connectivity index (χ0) is 27.3. The lowest BCUT2D eigenvalue weighted by molar-refractivity contribution is 0.0463. The van der Waals surface area contributed by atoms with Gasteiger partial charge in [-0.05, 0) is 45.0 Å². The standard InChI is InChI=1S/C24H29N6O7P/c1-24(2,3)37-38(32,33)35-16-30-14-17(13-26-30)20-8-9-21(36-20)23(31)27-19-15-29(11-12-34-4)28-22(19)18-7-5-6-10-25-18/h5-10,13-15H,11-12,16H2,1-4H3,(H,27,31)(H,32,33). The number of hydrogen-bond acceptors (Lipinski definition) is 9. The zero-order valence-corrected chi connectivity index (χ0v) is 22.3. The number of amides is 1. The van der Waals surface area contributed by atoms with Gasteiger partial charge in [-0.1, -0.05) is 6.07 Å². The number of pyridine rings is 1. The molecule has 4 aromatic rings. The Morgan fingerprint density at radius 2 is 2.00 bits per heavy atom. The molecule has 0 saturated heterocycles. The number of furan rings is 1. The molecular weight excluding hydrogens is 515 g/mol. The van der Waals surface area contributed by atoms with Crippen LogP contribution in [0.5, 0.6) is 0 Å². The molecule has 38 heavy (non-hydrogen) atoms. The first-order chi connectivity index (χ1) is 18.0. The van der Waals surface area contributed by atoms with Crippen molar-refractivity contribution in [1.82, 2.24) is 24.5 Å². The summed E-state index contributed by atoms with van der Waals surface area (Å²) in [4.78, 5) is 27.2. The average molecular weight is 545 g/mol. The fourth-order valence-corrected chi connectivity index (χ4v) is 4.38. The molecule has 202 valence electrons. The zero-order valence-electron chi connectivity index (χ0n) is 21.4. The molecule has 1 unspecified atom stereocenters. The van der Waals surface area contributed by atoms with Gasteiger partial charge in [0.25, 0.3) is 5.91 Å². The lowest BCUT2D eigenvalue weighted by atomic mass is 10.2. The summed E-state index contributed by atoms with van der Waals surface area (Å²) in [5.74, 6) is -0.0321. The van der Waals surface area contributed by atoms with Crippen LogP contribution < -0.4 is 5.32 Å². The maximum absolute atomic E-state index is 13.0. The molecule has 0 radical (unpaired) electrons. The van der Waals surface area contributed by atoms with Crippen LogP contribution in [0, 0.1) is 0 Å². The SMILES string of the molecule is COCCn1cc(NC(=O)c2ccc(-c3cnn(COP(=O)(O)OC(C)(C)C)c3)o2)c(-c2ccccn2)n1. The van der Waals surface area contributed by atoms with E-state index in [1.165, 1.54) is 16.9 Å². The van der Waals surface area contributed by atoms with E-state index >= 15 is 0 Å². The molecular formula is C24H29N6O7P. The summed E-state index contributed by atoms with van der Waals surface area (Å²) in [6.07, 6.45) is 6.39. The lowest BCUT2D eigenvalue weighted by Gasteiger charge is -2.22. The van der Waals surface area contributed by atoms with Crippen LogP contribution in [0.2, 0.25) is 0 Å². The van der Waals surface area contributed by atoms with E-state index in [9.17, 15) is 14.3 Å². The molecule has 0 spiro atoms. The molecule has 2 N–H and O–H groups in total.